The van der Waals surface area contributed by atoms with E-state index >= 15 is 0 Å². The van der Waals surface area contributed by atoms with Crippen molar-refractivity contribution in [1.29, 1.82) is 0 Å². The van der Waals surface area contributed by atoms with Crippen molar-refractivity contribution < 1.29 is 0 Å². The van der Waals surface area contributed by atoms with E-state index in [1.165, 1.54) is 11.3 Å². The monoisotopic (exact) mass is 286 g/mol. The molecule has 0 radical (unpaired) electrons. The molecule has 0 spiro atoms. The van der Waals surface area contributed by atoms with Gasteiger partial charge < -0.3 is 4.90 Å². The van der Waals surface area contributed by atoms with E-state index in [4.69, 9.17) is 16.6 Å². The lowest BCUT2D eigenvalue weighted by molar-refractivity contribution is 0.813. The molecule has 0 bridgehead atoms. The maximum atomic E-state index is 6.04. The van der Waals surface area contributed by atoms with Crippen molar-refractivity contribution in [2.75, 3.05) is 11.4 Å². The summed E-state index contributed by atoms with van der Waals surface area (Å²) in [5.74, 6) is 1.97. The normalized spacial score (nSPS) is 13.9. The van der Waals surface area contributed by atoms with Crippen LogP contribution in [0.2, 0.25) is 0 Å². The van der Waals surface area contributed by atoms with Crippen LogP contribution in [0.25, 0.3) is 0 Å². The molecule has 1 aliphatic heterocycles. The minimum absolute atomic E-state index is 0.412. The van der Waals surface area contributed by atoms with E-state index in [0.29, 0.717) is 11.8 Å². The Morgan fingerprint density at radius 1 is 1.25 bits per heavy atom. The molecule has 2 nitrogen and oxygen atoms in total. The van der Waals surface area contributed by atoms with Crippen molar-refractivity contribution in [3.8, 4) is 0 Å². The van der Waals surface area contributed by atoms with Crippen LogP contribution in [0.15, 0.2) is 36.4 Å². The molecule has 104 valence electrons. The Morgan fingerprint density at radius 3 is 2.80 bits per heavy atom. The minimum Gasteiger partial charge on any atom is -0.326 e. The van der Waals surface area contributed by atoms with Gasteiger partial charge in [0.2, 0.25) is 0 Å². The number of anilines is 2. The summed E-state index contributed by atoms with van der Waals surface area (Å²) in [5.41, 5.74) is 4.94. The molecule has 0 amide bonds. The molecule has 0 N–H and O–H groups in total. The van der Waals surface area contributed by atoms with E-state index in [1.54, 1.807) is 0 Å². The number of alkyl halides is 1. The van der Waals surface area contributed by atoms with Crippen molar-refractivity contribution in [3.05, 3.63) is 53.2 Å². The Morgan fingerprint density at radius 2 is 2.05 bits per heavy atom. The summed E-state index contributed by atoms with van der Waals surface area (Å²) in [5, 5.41) is 0. The Hall–Kier alpha value is -1.54. The largest absolute Gasteiger partial charge is 0.326 e. The third-order valence-electron chi connectivity index (χ3n) is 3.80. The van der Waals surface area contributed by atoms with Gasteiger partial charge in [0.05, 0.1) is 0 Å². The van der Waals surface area contributed by atoms with Gasteiger partial charge in [0.15, 0.2) is 0 Å². The molecule has 3 heteroatoms. The molecule has 0 fully saturated rings. The summed E-state index contributed by atoms with van der Waals surface area (Å²) >= 11 is 6.04. The Labute approximate surface area is 125 Å². The third kappa shape index (κ3) is 2.40. The lowest BCUT2D eigenvalue weighted by Gasteiger charge is -2.20. The fraction of sp³-hybridized carbons (Fsp3) is 0.353. The number of pyridine rings is 1. The molecule has 2 aromatic rings. The highest BCUT2D eigenvalue weighted by atomic mass is 35.5. The summed E-state index contributed by atoms with van der Waals surface area (Å²) < 4.78 is 0. The lowest BCUT2D eigenvalue weighted by Crippen LogP contribution is -2.16. The highest BCUT2D eigenvalue weighted by Crippen LogP contribution is 2.34. The zero-order valence-corrected chi connectivity index (χ0v) is 12.7. The van der Waals surface area contributed by atoms with Gasteiger partial charge in [-0.3, -0.25) is 0 Å². The average Bonchev–Trinajstić information content (AvgIpc) is 2.90. The number of hydrogen-bond acceptors (Lipinski definition) is 2. The molecular formula is C17H19ClN2. The van der Waals surface area contributed by atoms with Crippen molar-refractivity contribution in [3.63, 3.8) is 0 Å². The zero-order chi connectivity index (χ0) is 14.1. The number of halogens is 1. The minimum atomic E-state index is 0.412. The standard InChI is InChI=1S/C17H19ClN2/c1-12(2)15-9-13(11-18)10-17(19-15)20-8-7-14-5-3-4-6-16(14)20/h3-6,9-10,12H,7-8,11H2,1-2H3. The molecule has 0 atom stereocenters. The first-order valence-corrected chi connectivity index (χ1v) is 7.64. The maximum absolute atomic E-state index is 6.04. The summed E-state index contributed by atoms with van der Waals surface area (Å²) in [6.45, 7) is 5.33. The number of hydrogen-bond donors (Lipinski definition) is 0. The van der Waals surface area contributed by atoms with Crippen LogP contribution < -0.4 is 4.90 Å². The predicted molar refractivity (Wildman–Crippen MR) is 85.0 cm³/mol. The number of para-hydroxylation sites is 1. The number of aromatic nitrogens is 1. The first kappa shape index (κ1) is 13.4. The fourth-order valence-electron chi connectivity index (χ4n) is 2.68. The van der Waals surface area contributed by atoms with Gasteiger partial charge in [-0.25, -0.2) is 4.98 Å². The van der Waals surface area contributed by atoms with E-state index in [9.17, 15) is 0 Å². The molecule has 0 unspecified atom stereocenters. The van der Waals surface area contributed by atoms with Crippen molar-refractivity contribution in [2.24, 2.45) is 0 Å². The number of rotatable bonds is 3. The molecule has 1 aromatic heterocycles. The number of nitrogens with zero attached hydrogens (tertiary/aromatic N) is 2. The molecule has 1 aromatic carbocycles. The highest BCUT2D eigenvalue weighted by molar-refractivity contribution is 6.17. The molecule has 0 saturated carbocycles. The molecule has 3 rings (SSSR count). The molecule has 2 heterocycles. The van der Waals surface area contributed by atoms with Gasteiger partial charge in [0, 0.05) is 23.8 Å². The van der Waals surface area contributed by atoms with Gasteiger partial charge in [0.1, 0.15) is 5.82 Å². The summed E-state index contributed by atoms with van der Waals surface area (Å²) in [6.07, 6.45) is 1.08. The smallest absolute Gasteiger partial charge is 0.133 e. The van der Waals surface area contributed by atoms with Gasteiger partial charge in [-0.2, -0.15) is 0 Å². The summed E-state index contributed by atoms with van der Waals surface area (Å²) in [4.78, 5) is 7.13. The quantitative estimate of drug-likeness (QED) is 0.764. The predicted octanol–water partition coefficient (Wildman–Crippen LogP) is 4.64. The van der Waals surface area contributed by atoms with Gasteiger partial charge in [-0.1, -0.05) is 32.0 Å². The summed E-state index contributed by atoms with van der Waals surface area (Å²) in [7, 11) is 0. The van der Waals surface area contributed by atoms with Crippen LogP contribution in [-0.2, 0) is 12.3 Å². The molecule has 0 aliphatic carbocycles. The van der Waals surface area contributed by atoms with Crippen LogP contribution in [0.5, 0.6) is 0 Å². The van der Waals surface area contributed by atoms with Gasteiger partial charge in [-0.15, -0.1) is 11.6 Å². The van der Waals surface area contributed by atoms with E-state index in [2.05, 4.69) is 55.1 Å². The van der Waals surface area contributed by atoms with Gasteiger partial charge in [0.25, 0.3) is 0 Å². The second-order valence-electron chi connectivity index (χ2n) is 5.58. The Bertz CT molecular complexity index is 622. The average molecular weight is 287 g/mol. The van der Waals surface area contributed by atoms with Crippen molar-refractivity contribution >= 4 is 23.1 Å². The Kier molecular flexibility index (Phi) is 3.66. The molecule has 20 heavy (non-hydrogen) atoms. The van der Waals surface area contributed by atoms with Crippen LogP contribution in [0.3, 0.4) is 0 Å². The summed E-state index contributed by atoms with van der Waals surface area (Å²) in [6, 6.07) is 12.8. The first-order chi connectivity index (χ1) is 9.69. The van der Waals surface area contributed by atoms with E-state index in [1.807, 2.05) is 0 Å². The van der Waals surface area contributed by atoms with Gasteiger partial charge >= 0.3 is 0 Å². The van der Waals surface area contributed by atoms with Crippen molar-refractivity contribution in [2.45, 2.75) is 32.1 Å². The van der Waals surface area contributed by atoms with E-state index in [-0.39, 0.29) is 0 Å². The van der Waals surface area contributed by atoms with Crippen molar-refractivity contribution in [1.82, 2.24) is 4.98 Å². The topological polar surface area (TPSA) is 16.1 Å². The van der Waals surface area contributed by atoms with Crippen LogP contribution >= 0.6 is 11.6 Å². The molecule has 0 saturated heterocycles. The van der Waals surface area contributed by atoms with E-state index in [0.717, 1.165) is 30.0 Å². The van der Waals surface area contributed by atoms with Crippen LogP contribution in [0, 0.1) is 0 Å². The third-order valence-corrected chi connectivity index (χ3v) is 4.11. The molecular weight excluding hydrogens is 268 g/mol. The first-order valence-electron chi connectivity index (χ1n) is 7.11. The Balaban J connectivity index is 2.05. The van der Waals surface area contributed by atoms with Crippen LogP contribution in [-0.4, -0.2) is 11.5 Å². The van der Waals surface area contributed by atoms with E-state index < -0.39 is 0 Å². The molecule has 1 aliphatic rings. The SMILES string of the molecule is CC(C)c1cc(CCl)cc(N2CCc3ccccc32)n1. The fourth-order valence-corrected chi connectivity index (χ4v) is 2.84. The van der Waals surface area contributed by atoms with Crippen LogP contribution in [0.4, 0.5) is 11.5 Å². The zero-order valence-electron chi connectivity index (χ0n) is 11.9. The van der Waals surface area contributed by atoms with Gasteiger partial charge in [-0.05, 0) is 41.7 Å². The van der Waals surface area contributed by atoms with Crippen LogP contribution in [0.1, 0.15) is 36.6 Å². The lowest BCUT2D eigenvalue weighted by atomic mass is 10.1. The maximum Gasteiger partial charge on any atom is 0.133 e. The second kappa shape index (κ2) is 5.45. The number of fused-ring (bicyclic) bond motifs is 1. The second-order valence-corrected chi connectivity index (χ2v) is 5.84. The number of benzene rings is 1. The highest BCUT2D eigenvalue weighted by Gasteiger charge is 2.21.